The Kier molecular flexibility index (Phi) is 3.96. The fourth-order valence-electron chi connectivity index (χ4n) is 1.86. The van der Waals surface area contributed by atoms with Crippen LogP contribution in [0.25, 0.3) is 17.2 Å². The van der Waals surface area contributed by atoms with Gasteiger partial charge in [0.25, 0.3) is 0 Å². The SMILES string of the molecule is O=C(O)/C=C/c1ccccc1-c1ccc(C(=O)O)cc1. The summed E-state index contributed by atoms with van der Waals surface area (Å²) in [6.07, 6.45) is 2.59. The molecule has 0 saturated heterocycles. The van der Waals surface area contributed by atoms with Crippen LogP contribution in [0, 0.1) is 0 Å². The third-order valence-electron chi connectivity index (χ3n) is 2.81. The van der Waals surface area contributed by atoms with Crippen molar-refractivity contribution in [3.8, 4) is 11.1 Å². The number of aliphatic carboxylic acids is 1. The molecule has 0 unspecified atom stereocenters. The van der Waals surface area contributed by atoms with Gasteiger partial charge in [0.05, 0.1) is 5.56 Å². The van der Waals surface area contributed by atoms with E-state index in [1.807, 2.05) is 18.2 Å². The van der Waals surface area contributed by atoms with E-state index >= 15 is 0 Å². The average Bonchev–Trinajstić information content (AvgIpc) is 2.45. The van der Waals surface area contributed by atoms with E-state index in [1.165, 1.54) is 18.2 Å². The predicted molar refractivity (Wildman–Crippen MR) is 75.5 cm³/mol. The lowest BCUT2D eigenvalue weighted by Gasteiger charge is -2.06. The maximum absolute atomic E-state index is 10.8. The summed E-state index contributed by atoms with van der Waals surface area (Å²) in [6.45, 7) is 0. The molecule has 0 saturated carbocycles. The lowest BCUT2D eigenvalue weighted by Crippen LogP contribution is -1.95. The number of rotatable bonds is 4. The van der Waals surface area contributed by atoms with Crippen LogP contribution in [-0.4, -0.2) is 22.2 Å². The van der Waals surface area contributed by atoms with Crippen LogP contribution in [-0.2, 0) is 4.79 Å². The molecule has 0 heterocycles. The van der Waals surface area contributed by atoms with Crippen LogP contribution >= 0.6 is 0 Å². The summed E-state index contributed by atoms with van der Waals surface area (Å²) in [6, 6.07) is 13.8. The van der Waals surface area contributed by atoms with Gasteiger partial charge in [-0.05, 0) is 34.9 Å². The van der Waals surface area contributed by atoms with Crippen molar-refractivity contribution in [2.75, 3.05) is 0 Å². The number of carbonyl (C=O) groups is 2. The Hall–Kier alpha value is -2.88. The number of carboxylic acids is 2. The van der Waals surface area contributed by atoms with Crippen molar-refractivity contribution >= 4 is 18.0 Å². The highest BCUT2D eigenvalue weighted by Gasteiger charge is 2.05. The van der Waals surface area contributed by atoms with E-state index in [2.05, 4.69) is 0 Å². The summed E-state index contributed by atoms with van der Waals surface area (Å²) >= 11 is 0. The molecular weight excluding hydrogens is 256 g/mol. The zero-order valence-corrected chi connectivity index (χ0v) is 10.5. The van der Waals surface area contributed by atoms with E-state index in [1.54, 1.807) is 18.2 Å². The molecule has 4 nitrogen and oxygen atoms in total. The van der Waals surface area contributed by atoms with Crippen LogP contribution in [0.2, 0.25) is 0 Å². The summed E-state index contributed by atoms with van der Waals surface area (Å²) in [7, 11) is 0. The molecule has 0 atom stereocenters. The molecule has 0 amide bonds. The monoisotopic (exact) mass is 268 g/mol. The second kappa shape index (κ2) is 5.84. The lowest BCUT2D eigenvalue weighted by atomic mass is 9.98. The molecule has 2 aromatic carbocycles. The van der Waals surface area contributed by atoms with Gasteiger partial charge in [-0.3, -0.25) is 0 Å². The van der Waals surface area contributed by atoms with Gasteiger partial charge in [0.2, 0.25) is 0 Å². The Morgan fingerprint density at radius 2 is 1.55 bits per heavy atom. The van der Waals surface area contributed by atoms with Gasteiger partial charge < -0.3 is 10.2 Å². The van der Waals surface area contributed by atoms with Crippen molar-refractivity contribution in [2.45, 2.75) is 0 Å². The van der Waals surface area contributed by atoms with Crippen LogP contribution in [0.3, 0.4) is 0 Å². The first-order chi connectivity index (χ1) is 9.58. The first-order valence-corrected chi connectivity index (χ1v) is 5.91. The van der Waals surface area contributed by atoms with Crippen molar-refractivity contribution in [3.63, 3.8) is 0 Å². The maximum atomic E-state index is 10.8. The first-order valence-electron chi connectivity index (χ1n) is 5.91. The molecule has 0 spiro atoms. The summed E-state index contributed by atoms with van der Waals surface area (Å²) in [4.78, 5) is 21.4. The molecule has 0 aliphatic heterocycles. The zero-order chi connectivity index (χ0) is 14.5. The third kappa shape index (κ3) is 3.11. The largest absolute Gasteiger partial charge is 0.478 e. The standard InChI is InChI=1S/C16H12O4/c17-15(18)10-9-11-3-1-2-4-14(11)12-5-7-13(8-6-12)16(19)20/h1-10H,(H,17,18)(H,19,20)/b10-9+. The Morgan fingerprint density at radius 1 is 0.900 bits per heavy atom. The van der Waals surface area contributed by atoms with Gasteiger partial charge >= 0.3 is 11.9 Å². The highest BCUT2D eigenvalue weighted by molar-refractivity contribution is 5.90. The van der Waals surface area contributed by atoms with E-state index in [0.29, 0.717) is 0 Å². The quantitative estimate of drug-likeness (QED) is 0.835. The van der Waals surface area contributed by atoms with Gasteiger partial charge in [-0.25, -0.2) is 9.59 Å². The number of hydrogen-bond acceptors (Lipinski definition) is 2. The maximum Gasteiger partial charge on any atom is 0.335 e. The molecule has 0 fully saturated rings. The fourth-order valence-corrected chi connectivity index (χ4v) is 1.86. The Bertz CT molecular complexity index is 669. The van der Waals surface area contributed by atoms with E-state index in [4.69, 9.17) is 10.2 Å². The molecule has 2 rings (SSSR count). The Morgan fingerprint density at radius 3 is 2.15 bits per heavy atom. The van der Waals surface area contributed by atoms with Crippen molar-refractivity contribution in [2.24, 2.45) is 0 Å². The second-order valence-electron chi connectivity index (χ2n) is 4.14. The number of benzene rings is 2. The highest BCUT2D eigenvalue weighted by Crippen LogP contribution is 2.25. The van der Waals surface area contributed by atoms with E-state index in [-0.39, 0.29) is 5.56 Å². The van der Waals surface area contributed by atoms with Gasteiger partial charge in [-0.2, -0.15) is 0 Å². The normalized spacial score (nSPS) is 10.6. The van der Waals surface area contributed by atoms with Gasteiger partial charge in [0.15, 0.2) is 0 Å². The molecule has 0 aromatic heterocycles. The molecule has 100 valence electrons. The molecule has 0 aliphatic carbocycles. The summed E-state index contributed by atoms with van der Waals surface area (Å²) in [5.74, 6) is -1.99. The fraction of sp³-hybridized carbons (Fsp3) is 0. The van der Waals surface area contributed by atoms with Crippen LogP contribution in [0.1, 0.15) is 15.9 Å². The van der Waals surface area contributed by atoms with Gasteiger partial charge in [-0.1, -0.05) is 36.4 Å². The van der Waals surface area contributed by atoms with Crippen LogP contribution < -0.4 is 0 Å². The van der Waals surface area contributed by atoms with Crippen molar-refractivity contribution in [1.29, 1.82) is 0 Å². The first kappa shape index (κ1) is 13.5. The number of aromatic carboxylic acids is 1. The minimum atomic E-state index is -1.01. The lowest BCUT2D eigenvalue weighted by molar-refractivity contribution is -0.131. The average molecular weight is 268 g/mol. The van der Waals surface area contributed by atoms with Crippen molar-refractivity contribution in [1.82, 2.24) is 0 Å². The van der Waals surface area contributed by atoms with E-state index < -0.39 is 11.9 Å². The molecule has 0 radical (unpaired) electrons. The second-order valence-corrected chi connectivity index (χ2v) is 4.14. The molecule has 20 heavy (non-hydrogen) atoms. The van der Waals surface area contributed by atoms with Gasteiger partial charge in [-0.15, -0.1) is 0 Å². The van der Waals surface area contributed by atoms with E-state index in [9.17, 15) is 9.59 Å². The van der Waals surface area contributed by atoms with Crippen LogP contribution in [0.4, 0.5) is 0 Å². The summed E-state index contributed by atoms with van der Waals surface area (Å²) in [5, 5.41) is 17.6. The molecule has 2 N–H and O–H groups in total. The van der Waals surface area contributed by atoms with E-state index in [0.717, 1.165) is 22.8 Å². The topological polar surface area (TPSA) is 74.6 Å². The molecule has 0 bridgehead atoms. The number of carboxylic acid groups (broad SMARTS) is 2. The Labute approximate surface area is 115 Å². The highest BCUT2D eigenvalue weighted by atomic mass is 16.4. The van der Waals surface area contributed by atoms with Crippen LogP contribution in [0.5, 0.6) is 0 Å². The molecule has 2 aromatic rings. The summed E-state index contributed by atoms with van der Waals surface area (Å²) < 4.78 is 0. The van der Waals surface area contributed by atoms with Gasteiger partial charge in [0, 0.05) is 6.08 Å². The minimum Gasteiger partial charge on any atom is -0.478 e. The van der Waals surface area contributed by atoms with Crippen molar-refractivity contribution < 1.29 is 19.8 Å². The molecular formula is C16H12O4. The summed E-state index contributed by atoms with van der Waals surface area (Å²) in [5.41, 5.74) is 2.66. The number of hydrogen-bond donors (Lipinski definition) is 2. The van der Waals surface area contributed by atoms with Gasteiger partial charge in [0.1, 0.15) is 0 Å². The zero-order valence-electron chi connectivity index (χ0n) is 10.5. The minimum absolute atomic E-state index is 0.215. The van der Waals surface area contributed by atoms with Crippen molar-refractivity contribution in [3.05, 3.63) is 65.7 Å². The molecule has 0 aliphatic rings. The predicted octanol–water partition coefficient (Wildman–Crippen LogP) is 3.15. The Balaban J connectivity index is 2.42. The molecule has 4 heteroatoms. The third-order valence-corrected chi connectivity index (χ3v) is 2.81. The smallest absolute Gasteiger partial charge is 0.335 e. The van der Waals surface area contributed by atoms with Crippen LogP contribution in [0.15, 0.2) is 54.6 Å².